The van der Waals surface area contributed by atoms with Crippen LogP contribution in [0.5, 0.6) is 0 Å². The molecule has 5 heteroatoms. The highest BCUT2D eigenvalue weighted by Gasteiger charge is 2.15. The van der Waals surface area contributed by atoms with Gasteiger partial charge in [0.1, 0.15) is 0 Å². The average molecular weight is 383 g/mol. The summed E-state index contributed by atoms with van der Waals surface area (Å²) in [5.41, 5.74) is 1.13. The number of halogens is 3. The van der Waals surface area contributed by atoms with Gasteiger partial charge in [-0.1, -0.05) is 15.9 Å². The van der Waals surface area contributed by atoms with E-state index in [0.29, 0.717) is 0 Å². The van der Waals surface area contributed by atoms with Crippen molar-refractivity contribution in [2.24, 2.45) is 4.99 Å². The maximum Gasteiger partial charge on any atom is 0.0896 e. The standard InChI is InChI=1S/C9H7Br3N2/c10-6-3-7(11)9(8(12)4-6)14-2-1-13-5-14/h3-5H,1-2H2. The van der Waals surface area contributed by atoms with Gasteiger partial charge >= 0.3 is 0 Å². The number of anilines is 1. The van der Waals surface area contributed by atoms with Crippen LogP contribution in [0.1, 0.15) is 0 Å². The smallest absolute Gasteiger partial charge is 0.0896 e. The van der Waals surface area contributed by atoms with Gasteiger partial charge in [0.15, 0.2) is 0 Å². The minimum absolute atomic E-state index is 0.870. The number of hydrogen-bond donors (Lipinski definition) is 0. The highest BCUT2D eigenvalue weighted by atomic mass is 79.9. The van der Waals surface area contributed by atoms with E-state index in [2.05, 4.69) is 57.7 Å². The van der Waals surface area contributed by atoms with Gasteiger partial charge in [-0.3, -0.25) is 4.99 Å². The zero-order valence-electron chi connectivity index (χ0n) is 7.17. The lowest BCUT2D eigenvalue weighted by atomic mass is 10.3. The molecule has 0 N–H and O–H groups in total. The number of rotatable bonds is 1. The van der Waals surface area contributed by atoms with Crippen molar-refractivity contribution in [2.75, 3.05) is 18.0 Å². The molecule has 0 aromatic heterocycles. The van der Waals surface area contributed by atoms with Crippen molar-refractivity contribution in [1.82, 2.24) is 0 Å². The molecule has 1 aliphatic heterocycles. The van der Waals surface area contributed by atoms with E-state index in [9.17, 15) is 0 Å². The topological polar surface area (TPSA) is 15.6 Å². The van der Waals surface area contributed by atoms with Crippen LogP contribution in [0.2, 0.25) is 0 Å². The van der Waals surface area contributed by atoms with E-state index in [-0.39, 0.29) is 0 Å². The van der Waals surface area contributed by atoms with Crippen molar-refractivity contribution in [3.8, 4) is 0 Å². The van der Waals surface area contributed by atoms with E-state index >= 15 is 0 Å². The Morgan fingerprint density at radius 3 is 2.29 bits per heavy atom. The van der Waals surface area contributed by atoms with Gasteiger partial charge in [0.25, 0.3) is 0 Å². The van der Waals surface area contributed by atoms with Crippen LogP contribution in [0.15, 0.2) is 30.5 Å². The third-order valence-electron chi connectivity index (χ3n) is 1.96. The Kier molecular flexibility index (Phi) is 3.29. The summed E-state index contributed by atoms with van der Waals surface area (Å²) in [5, 5.41) is 0. The minimum Gasteiger partial charge on any atom is -0.329 e. The monoisotopic (exact) mass is 380 g/mol. The molecule has 0 amide bonds. The lowest BCUT2D eigenvalue weighted by Crippen LogP contribution is -2.19. The maximum atomic E-state index is 4.19. The number of hydrogen-bond acceptors (Lipinski definition) is 2. The molecule has 1 aliphatic rings. The molecule has 0 aliphatic carbocycles. The van der Waals surface area contributed by atoms with Crippen molar-refractivity contribution >= 4 is 59.8 Å². The van der Waals surface area contributed by atoms with Gasteiger partial charge in [-0.25, -0.2) is 0 Å². The summed E-state index contributed by atoms with van der Waals surface area (Å²) in [7, 11) is 0. The third kappa shape index (κ3) is 2.04. The van der Waals surface area contributed by atoms with E-state index in [1.54, 1.807) is 0 Å². The first kappa shape index (κ1) is 10.6. The summed E-state index contributed by atoms with van der Waals surface area (Å²) in [6.45, 7) is 1.81. The number of benzene rings is 1. The van der Waals surface area contributed by atoms with Crippen LogP contribution in [0.4, 0.5) is 5.69 Å². The van der Waals surface area contributed by atoms with Gasteiger partial charge in [-0.2, -0.15) is 0 Å². The normalized spacial score (nSPS) is 15.2. The van der Waals surface area contributed by atoms with E-state index in [1.165, 1.54) is 0 Å². The van der Waals surface area contributed by atoms with Crippen LogP contribution in [0, 0.1) is 0 Å². The van der Waals surface area contributed by atoms with Crippen LogP contribution in [0.3, 0.4) is 0 Å². The molecule has 1 aromatic carbocycles. The summed E-state index contributed by atoms with van der Waals surface area (Å²) in [6.07, 6.45) is 1.87. The van der Waals surface area contributed by atoms with Gasteiger partial charge in [0, 0.05) is 20.0 Å². The van der Waals surface area contributed by atoms with E-state index < -0.39 is 0 Å². The SMILES string of the molecule is Brc1cc(Br)c(N2C=NCC2)c(Br)c1. The fourth-order valence-electron chi connectivity index (χ4n) is 1.36. The predicted molar refractivity (Wildman–Crippen MR) is 70.2 cm³/mol. The molecule has 2 nitrogen and oxygen atoms in total. The zero-order valence-corrected chi connectivity index (χ0v) is 11.9. The Hall–Kier alpha value is 0.130. The molecule has 0 atom stereocenters. The molecule has 0 unspecified atom stereocenters. The summed E-state index contributed by atoms with van der Waals surface area (Å²) < 4.78 is 3.18. The summed E-state index contributed by atoms with van der Waals surface area (Å²) in [5.74, 6) is 0. The summed E-state index contributed by atoms with van der Waals surface area (Å²) >= 11 is 10.5. The van der Waals surface area contributed by atoms with Gasteiger partial charge in [-0.15, -0.1) is 0 Å². The Morgan fingerprint density at radius 1 is 1.14 bits per heavy atom. The third-order valence-corrected chi connectivity index (χ3v) is 3.63. The highest BCUT2D eigenvalue weighted by molar-refractivity contribution is 9.11. The van der Waals surface area contributed by atoms with Crippen molar-refractivity contribution in [1.29, 1.82) is 0 Å². The highest BCUT2D eigenvalue weighted by Crippen LogP contribution is 2.37. The Bertz CT molecular complexity index is 367. The lowest BCUT2D eigenvalue weighted by Gasteiger charge is -2.18. The average Bonchev–Trinajstić information content (AvgIpc) is 2.54. The molecule has 0 spiro atoms. The molecule has 1 aromatic rings. The quantitative estimate of drug-likeness (QED) is 0.721. The van der Waals surface area contributed by atoms with Crippen LogP contribution in [-0.4, -0.2) is 19.4 Å². The second-order valence-corrected chi connectivity index (χ2v) is 5.56. The van der Waals surface area contributed by atoms with Crippen molar-refractivity contribution in [3.63, 3.8) is 0 Å². The number of nitrogens with zero attached hydrogens (tertiary/aromatic N) is 2. The first-order chi connectivity index (χ1) is 6.68. The molecule has 74 valence electrons. The van der Waals surface area contributed by atoms with Crippen LogP contribution in [-0.2, 0) is 0 Å². The first-order valence-corrected chi connectivity index (χ1v) is 6.47. The predicted octanol–water partition coefficient (Wildman–Crippen LogP) is 3.82. The molecular formula is C9H7Br3N2. The van der Waals surface area contributed by atoms with E-state index in [4.69, 9.17) is 0 Å². The van der Waals surface area contributed by atoms with E-state index in [0.717, 1.165) is 32.2 Å². The zero-order chi connectivity index (χ0) is 10.1. The molecule has 0 fully saturated rings. The Labute approximate surface area is 108 Å². The molecule has 2 rings (SSSR count). The van der Waals surface area contributed by atoms with Gasteiger partial charge < -0.3 is 4.90 Å². The van der Waals surface area contributed by atoms with Crippen molar-refractivity contribution in [3.05, 3.63) is 25.6 Å². The first-order valence-electron chi connectivity index (χ1n) is 4.09. The summed E-state index contributed by atoms with van der Waals surface area (Å²) in [6, 6.07) is 4.07. The molecular weight excluding hydrogens is 376 g/mol. The molecule has 0 bridgehead atoms. The largest absolute Gasteiger partial charge is 0.329 e. The maximum absolute atomic E-state index is 4.19. The van der Waals surface area contributed by atoms with Gasteiger partial charge in [0.05, 0.1) is 18.6 Å². The molecule has 0 saturated heterocycles. The fraction of sp³-hybridized carbons (Fsp3) is 0.222. The van der Waals surface area contributed by atoms with Gasteiger partial charge in [0.2, 0.25) is 0 Å². The Morgan fingerprint density at radius 2 is 1.79 bits per heavy atom. The second kappa shape index (κ2) is 4.33. The van der Waals surface area contributed by atoms with Crippen LogP contribution < -0.4 is 4.90 Å². The van der Waals surface area contributed by atoms with Crippen LogP contribution >= 0.6 is 47.8 Å². The molecule has 1 heterocycles. The summed E-state index contributed by atoms with van der Waals surface area (Å²) in [4.78, 5) is 6.32. The minimum atomic E-state index is 0.870. The molecule has 0 radical (unpaired) electrons. The van der Waals surface area contributed by atoms with E-state index in [1.807, 2.05) is 18.5 Å². The second-order valence-electron chi connectivity index (χ2n) is 2.93. The molecule has 0 saturated carbocycles. The van der Waals surface area contributed by atoms with Crippen molar-refractivity contribution < 1.29 is 0 Å². The number of aliphatic imine (C=N–C) groups is 1. The van der Waals surface area contributed by atoms with Crippen LogP contribution in [0.25, 0.3) is 0 Å². The lowest BCUT2D eigenvalue weighted by molar-refractivity contribution is 1.02. The Balaban J connectivity index is 2.46. The fourth-order valence-corrected chi connectivity index (χ4v) is 4.07. The van der Waals surface area contributed by atoms with Gasteiger partial charge in [-0.05, 0) is 44.0 Å². The van der Waals surface area contributed by atoms with Crippen molar-refractivity contribution in [2.45, 2.75) is 0 Å². The molecule has 14 heavy (non-hydrogen) atoms.